The molecule has 0 radical (unpaired) electrons. The molecular weight excluding hydrogens is 250 g/mol. The van der Waals surface area contributed by atoms with Crippen LogP contribution in [-0.4, -0.2) is 16.7 Å². The highest BCUT2D eigenvalue weighted by molar-refractivity contribution is 5.44. The summed E-state index contributed by atoms with van der Waals surface area (Å²) in [5.41, 5.74) is 3.99. The molecule has 3 nitrogen and oxygen atoms in total. The van der Waals surface area contributed by atoms with E-state index in [-0.39, 0.29) is 6.61 Å². The summed E-state index contributed by atoms with van der Waals surface area (Å²) in [5, 5.41) is 8.70. The van der Waals surface area contributed by atoms with E-state index in [1.807, 2.05) is 44.2 Å². The van der Waals surface area contributed by atoms with Crippen LogP contribution < -0.4 is 4.74 Å². The zero-order valence-electron chi connectivity index (χ0n) is 11.7. The standard InChI is InChI=1S/C17H17NO2/c1-13-5-3-9-18-17(13)12-20-16-8-7-15(6-4-10-19)14(2)11-16/h3,5,7-9,11,19H,10,12H2,1-2H3. The highest BCUT2D eigenvalue weighted by atomic mass is 16.5. The Morgan fingerprint density at radius 3 is 2.75 bits per heavy atom. The molecule has 0 aliphatic rings. The Hall–Kier alpha value is -2.31. The van der Waals surface area contributed by atoms with Gasteiger partial charge in [-0.05, 0) is 49.2 Å². The van der Waals surface area contributed by atoms with Gasteiger partial charge in [0.2, 0.25) is 0 Å². The molecular formula is C17H17NO2. The Balaban J connectivity index is 2.08. The van der Waals surface area contributed by atoms with Crippen molar-refractivity contribution in [2.75, 3.05) is 6.61 Å². The third-order valence-electron chi connectivity index (χ3n) is 2.99. The zero-order valence-corrected chi connectivity index (χ0v) is 11.7. The molecule has 0 unspecified atom stereocenters. The van der Waals surface area contributed by atoms with E-state index < -0.39 is 0 Å². The summed E-state index contributed by atoms with van der Waals surface area (Å²) in [6.45, 7) is 4.31. The molecule has 2 aromatic rings. The van der Waals surface area contributed by atoms with Crippen molar-refractivity contribution < 1.29 is 9.84 Å². The number of nitrogens with zero attached hydrogens (tertiary/aromatic N) is 1. The van der Waals surface area contributed by atoms with Crippen LogP contribution in [0.3, 0.4) is 0 Å². The highest BCUT2D eigenvalue weighted by Gasteiger charge is 2.02. The van der Waals surface area contributed by atoms with E-state index in [1.54, 1.807) is 6.20 Å². The number of benzene rings is 1. The van der Waals surface area contributed by atoms with Crippen molar-refractivity contribution in [3.63, 3.8) is 0 Å². The first-order valence-electron chi connectivity index (χ1n) is 6.44. The number of pyridine rings is 1. The molecule has 0 aliphatic heterocycles. The molecule has 0 fully saturated rings. The van der Waals surface area contributed by atoms with Crippen LogP contribution in [0.1, 0.15) is 22.4 Å². The number of ether oxygens (including phenoxy) is 1. The number of hydrogen-bond donors (Lipinski definition) is 1. The van der Waals surface area contributed by atoms with Crippen LogP contribution in [0.15, 0.2) is 36.5 Å². The first kappa shape index (κ1) is 14.1. The normalized spacial score (nSPS) is 9.75. The number of hydrogen-bond acceptors (Lipinski definition) is 3. The Bertz CT molecular complexity index is 654. The number of aromatic nitrogens is 1. The van der Waals surface area contributed by atoms with E-state index >= 15 is 0 Å². The topological polar surface area (TPSA) is 42.4 Å². The van der Waals surface area contributed by atoms with Gasteiger partial charge in [-0.15, -0.1) is 0 Å². The van der Waals surface area contributed by atoms with E-state index in [1.165, 1.54) is 0 Å². The van der Waals surface area contributed by atoms with Gasteiger partial charge >= 0.3 is 0 Å². The Labute approximate surface area is 119 Å². The van der Waals surface area contributed by atoms with Gasteiger partial charge in [0.1, 0.15) is 19.0 Å². The van der Waals surface area contributed by atoms with Gasteiger partial charge < -0.3 is 9.84 Å². The van der Waals surface area contributed by atoms with Crippen molar-refractivity contribution in [3.8, 4) is 17.6 Å². The largest absolute Gasteiger partial charge is 0.487 e. The van der Waals surface area contributed by atoms with Gasteiger partial charge in [0.05, 0.1) is 5.69 Å². The summed E-state index contributed by atoms with van der Waals surface area (Å²) < 4.78 is 5.75. The SMILES string of the molecule is Cc1cc(OCc2ncccc2C)ccc1C#CCO. The monoisotopic (exact) mass is 267 g/mol. The van der Waals surface area contributed by atoms with Crippen LogP contribution >= 0.6 is 0 Å². The molecule has 1 aromatic carbocycles. The van der Waals surface area contributed by atoms with Gasteiger partial charge in [0.25, 0.3) is 0 Å². The van der Waals surface area contributed by atoms with E-state index in [2.05, 4.69) is 16.8 Å². The smallest absolute Gasteiger partial charge is 0.130 e. The Morgan fingerprint density at radius 2 is 2.05 bits per heavy atom. The first-order chi connectivity index (χ1) is 9.70. The fraction of sp³-hybridized carbons (Fsp3) is 0.235. The number of rotatable bonds is 3. The lowest BCUT2D eigenvalue weighted by atomic mass is 10.1. The summed E-state index contributed by atoms with van der Waals surface area (Å²) in [6, 6.07) is 9.66. The predicted molar refractivity (Wildman–Crippen MR) is 78.4 cm³/mol. The van der Waals surface area contributed by atoms with Gasteiger partial charge in [0, 0.05) is 11.8 Å². The molecule has 1 N–H and O–H groups in total. The van der Waals surface area contributed by atoms with Crippen LogP contribution in [0.4, 0.5) is 0 Å². The summed E-state index contributed by atoms with van der Waals surface area (Å²) in [4.78, 5) is 4.30. The minimum Gasteiger partial charge on any atom is -0.487 e. The maximum atomic E-state index is 8.70. The molecule has 102 valence electrons. The van der Waals surface area contributed by atoms with Gasteiger partial charge in [-0.25, -0.2) is 0 Å². The molecule has 0 spiro atoms. The van der Waals surface area contributed by atoms with Crippen molar-refractivity contribution in [1.82, 2.24) is 4.98 Å². The third kappa shape index (κ3) is 3.59. The van der Waals surface area contributed by atoms with Gasteiger partial charge in [-0.3, -0.25) is 4.98 Å². The Morgan fingerprint density at radius 1 is 1.20 bits per heavy atom. The second kappa shape index (κ2) is 6.74. The molecule has 0 amide bonds. The second-order valence-electron chi connectivity index (χ2n) is 4.49. The van der Waals surface area contributed by atoms with Crippen LogP contribution in [0.2, 0.25) is 0 Å². The summed E-state index contributed by atoms with van der Waals surface area (Å²) >= 11 is 0. The fourth-order valence-corrected chi connectivity index (χ4v) is 1.82. The predicted octanol–water partition coefficient (Wildman–Crippen LogP) is 2.62. The average molecular weight is 267 g/mol. The quantitative estimate of drug-likeness (QED) is 0.869. The lowest BCUT2D eigenvalue weighted by Gasteiger charge is -2.09. The maximum absolute atomic E-state index is 8.70. The maximum Gasteiger partial charge on any atom is 0.130 e. The molecule has 2 rings (SSSR count). The summed E-state index contributed by atoms with van der Waals surface area (Å²) in [7, 11) is 0. The third-order valence-corrected chi connectivity index (χ3v) is 2.99. The lowest BCUT2D eigenvalue weighted by molar-refractivity contribution is 0.300. The molecule has 1 aromatic heterocycles. The van der Waals surface area contributed by atoms with Crippen LogP contribution in [0.25, 0.3) is 0 Å². The lowest BCUT2D eigenvalue weighted by Crippen LogP contribution is -2.00. The first-order valence-corrected chi connectivity index (χ1v) is 6.44. The minimum absolute atomic E-state index is 0.128. The van der Waals surface area contributed by atoms with Gasteiger partial charge in [-0.2, -0.15) is 0 Å². The fourth-order valence-electron chi connectivity index (χ4n) is 1.82. The number of aliphatic hydroxyl groups is 1. The Kier molecular flexibility index (Phi) is 4.75. The van der Waals surface area contributed by atoms with Crippen LogP contribution in [-0.2, 0) is 6.61 Å². The van der Waals surface area contributed by atoms with Crippen molar-refractivity contribution >= 4 is 0 Å². The summed E-state index contributed by atoms with van der Waals surface area (Å²) in [6.07, 6.45) is 1.77. The van der Waals surface area contributed by atoms with E-state index in [9.17, 15) is 0 Å². The van der Waals surface area contributed by atoms with Crippen LogP contribution in [0, 0.1) is 25.7 Å². The molecule has 0 saturated heterocycles. The molecule has 3 heteroatoms. The van der Waals surface area contributed by atoms with E-state index in [0.29, 0.717) is 6.61 Å². The van der Waals surface area contributed by atoms with E-state index in [4.69, 9.17) is 9.84 Å². The average Bonchev–Trinajstić information content (AvgIpc) is 2.45. The van der Waals surface area contributed by atoms with Crippen LogP contribution in [0.5, 0.6) is 5.75 Å². The van der Waals surface area contributed by atoms with Crippen molar-refractivity contribution in [3.05, 3.63) is 58.9 Å². The second-order valence-corrected chi connectivity index (χ2v) is 4.49. The van der Waals surface area contributed by atoms with Crippen molar-refractivity contribution in [2.45, 2.75) is 20.5 Å². The molecule has 0 bridgehead atoms. The highest BCUT2D eigenvalue weighted by Crippen LogP contribution is 2.18. The van der Waals surface area contributed by atoms with Gasteiger partial charge in [-0.1, -0.05) is 17.9 Å². The molecule has 20 heavy (non-hydrogen) atoms. The molecule has 0 saturated carbocycles. The molecule has 1 heterocycles. The molecule has 0 aliphatic carbocycles. The van der Waals surface area contributed by atoms with Crippen molar-refractivity contribution in [1.29, 1.82) is 0 Å². The zero-order chi connectivity index (χ0) is 14.4. The molecule has 0 atom stereocenters. The number of aryl methyl sites for hydroxylation is 2. The van der Waals surface area contributed by atoms with Gasteiger partial charge in [0.15, 0.2) is 0 Å². The van der Waals surface area contributed by atoms with E-state index in [0.717, 1.165) is 28.1 Å². The summed E-state index contributed by atoms with van der Waals surface area (Å²) in [5.74, 6) is 6.34. The van der Waals surface area contributed by atoms with Crippen molar-refractivity contribution in [2.24, 2.45) is 0 Å². The minimum atomic E-state index is -0.128. The number of aliphatic hydroxyl groups excluding tert-OH is 1.